The third-order valence-electron chi connectivity index (χ3n) is 4.15. The van der Waals surface area contributed by atoms with Gasteiger partial charge < -0.3 is 15.4 Å². The molecule has 1 aliphatic rings. The van der Waals surface area contributed by atoms with Crippen LogP contribution in [0, 0.1) is 0 Å². The maximum Gasteiger partial charge on any atom is 0.0701 e. The van der Waals surface area contributed by atoms with Crippen LogP contribution in [0.15, 0.2) is 24.3 Å². The first-order chi connectivity index (χ1) is 9.47. The van der Waals surface area contributed by atoms with Crippen LogP contribution in [-0.2, 0) is 10.2 Å². The van der Waals surface area contributed by atoms with Crippen molar-refractivity contribution in [3.05, 3.63) is 29.8 Å². The van der Waals surface area contributed by atoms with E-state index in [4.69, 9.17) is 10.5 Å². The molecule has 2 N–H and O–H groups in total. The quantitative estimate of drug-likeness (QED) is 0.840. The van der Waals surface area contributed by atoms with Crippen LogP contribution in [0.4, 0.5) is 5.69 Å². The molecule has 1 aromatic carbocycles. The highest BCUT2D eigenvalue weighted by molar-refractivity contribution is 5.41. The van der Waals surface area contributed by atoms with Gasteiger partial charge in [-0.05, 0) is 44.0 Å². The van der Waals surface area contributed by atoms with Crippen molar-refractivity contribution in [1.29, 1.82) is 0 Å². The topological polar surface area (TPSA) is 38.5 Å². The molecule has 1 fully saturated rings. The molecule has 3 heteroatoms. The molecular weight excluding hydrogens is 248 g/mol. The van der Waals surface area contributed by atoms with Gasteiger partial charge in [0.2, 0.25) is 0 Å². The summed E-state index contributed by atoms with van der Waals surface area (Å²) < 4.78 is 5.83. The number of nitrogen functional groups attached to an aromatic ring is 1. The van der Waals surface area contributed by atoms with Gasteiger partial charge in [0, 0.05) is 30.8 Å². The molecule has 0 aliphatic carbocycles. The average molecular weight is 276 g/mol. The molecule has 1 aromatic rings. The van der Waals surface area contributed by atoms with Crippen LogP contribution in [0.1, 0.15) is 38.7 Å². The van der Waals surface area contributed by atoms with Gasteiger partial charge in [-0.2, -0.15) is 0 Å². The Kier molecular flexibility index (Phi) is 5.06. The smallest absolute Gasteiger partial charge is 0.0701 e. The lowest BCUT2D eigenvalue weighted by Crippen LogP contribution is -2.40. The second kappa shape index (κ2) is 6.59. The van der Waals surface area contributed by atoms with Gasteiger partial charge in [0.15, 0.2) is 0 Å². The zero-order valence-corrected chi connectivity index (χ0v) is 13.1. The number of benzene rings is 1. The van der Waals surface area contributed by atoms with Gasteiger partial charge in [-0.1, -0.05) is 26.0 Å². The highest BCUT2D eigenvalue weighted by Crippen LogP contribution is 2.25. The van der Waals surface area contributed by atoms with Crippen LogP contribution in [0.3, 0.4) is 0 Å². The van der Waals surface area contributed by atoms with Gasteiger partial charge >= 0.3 is 0 Å². The summed E-state index contributed by atoms with van der Waals surface area (Å²) in [5.41, 5.74) is 8.05. The second-order valence-corrected chi connectivity index (χ2v) is 6.69. The molecule has 0 saturated carbocycles. The lowest BCUT2D eigenvalue weighted by molar-refractivity contribution is -0.00376. The second-order valence-electron chi connectivity index (χ2n) is 6.69. The summed E-state index contributed by atoms with van der Waals surface area (Å²) in [6, 6.07) is 8.25. The zero-order valence-electron chi connectivity index (χ0n) is 13.1. The summed E-state index contributed by atoms with van der Waals surface area (Å²) in [4.78, 5) is 2.40. The number of likely N-dealkylation sites (N-methyl/N-ethyl adjacent to an activating group) is 1. The summed E-state index contributed by atoms with van der Waals surface area (Å²) in [6.07, 6.45) is 4.14. The van der Waals surface area contributed by atoms with Gasteiger partial charge in [-0.25, -0.2) is 0 Å². The van der Waals surface area contributed by atoms with Gasteiger partial charge in [-0.3, -0.25) is 0 Å². The van der Waals surface area contributed by atoms with E-state index in [-0.39, 0.29) is 5.41 Å². The fraction of sp³-hybridized carbons (Fsp3) is 0.647. The molecule has 1 atom stereocenters. The summed E-state index contributed by atoms with van der Waals surface area (Å²) in [6.45, 7) is 7.56. The molecule has 1 heterocycles. The highest BCUT2D eigenvalue weighted by Gasteiger charge is 2.24. The molecule has 1 unspecified atom stereocenters. The first-order valence-electron chi connectivity index (χ1n) is 7.63. The minimum atomic E-state index is 0.122. The number of nitrogens with zero attached hydrogens (tertiary/aromatic N) is 1. The summed E-state index contributed by atoms with van der Waals surface area (Å²) >= 11 is 0. The van der Waals surface area contributed by atoms with E-state index in [0.717, 1.165) is 25.4 Å². The van der Waals surface area contributed by atoms with Crippen molar-refractivity contribution in [2.45, 2.75) is 44.6 Å². The van der Waals surface area contributed by atoms with Crippen molar-refractivity contribution in [2.24, 2.45) is 0 Å². The van der Waals surface area contributed by atoms with E-state index < -0.39 is 0 Å². The fourth-order valence-electron chi connectivity index (χ4n) is 3.06. The molecule has 20 heavy (non-hydrogen) atoms. The molecule has 0 radical (unpaired) electrons. The molecule has 0 aromatic heterocycles. The summed E-state index contributed by atoms with van der Waals surface area (Å²) in [5.74, 6) is 0. The third kappa shape index (κ3) is 4.22. The van der Waals surface area contributed by atoms with Crippen molar-refractivity contribution in [2.75, 3.05) is 32.5 Å². The molecule has 0 bridgehead atoms. The maximum atomic E-state index is 5.83. The number of nitrogens with two attached hydrogens (primary N) is 1. The van der Waals surface area contributed by atoms with E-state index in [2.05, 4.69) is 37.9 Å². The summed E-state index contributed by atoms with van der Waals surface area (Å²) in [5, 5.41) is 0. The van der Waals surface area contributed by atoms with Gasteiger partial charge in [0.25, 0.3) is 0 Å². The predicted octanol–water partition coefficient (Wildman–Crippen LogP) is 3.05. The normalized spacial score (nSPS) is 20.3. The predicted molar refractivity (Wildman–Crippen MR) is 85.0 cm³/mol. The molecule has 1 saturated heterocycles. The lowest BCUT2D eigenvalue weighted by atomic mass is 9.84. The molecular formula is C17H28N2O. The molecule has 0 amide bonds. The Morgan fingerprint density at radius 1 is 1.25 bits per heavy atom. The number of ether oxygens (including phenoxy) is 1. The molecule has 112 valence electrons. The average Bonchev–Trinajstić information content (AvgIpc) is 2.39. The van der Waals surface area contributed by atoms with E-state index in [0.29, 0.717) is 6.10 Å². The lowest BCUT2D eigenvalue weighted by Gasteiger charge is -2.34. The molecule has 3 nitrogen and oxygen atoms in total. The van der Waals surface area contributed by atoms with Crippen molar-refractivity contribution in [1.82, 2.24) is 4.90 Å². The number of hydrogen-bond acceptors (Lipinski definition) is 3. The molecule has 0 spiro atoms. The van der Waals surface area contributed by atoms with Crippen LogP contribution in [-0.4, -0.2) is 37.7 Å². The minimum absolute atomic E-state index is 0.122. The van der Waals surface area contributed by atoms with Crippen molar-refractivity contribution >= 4 is 5.69 Å². The standard InChI is InChI=1S/C17H28N2O/c1-17(2,14-7-9-15(18)10-8-14)13-19(3)12-16-6-4-5-11-20-16/h7-10,16H,4-6,11-13,18H2,1-3H3. The van der Waals surface area contributed by atoms with Gasteiger partial charge in [0.05, 0.1) is 6.10 Å². The maximum absolute atomic E-state index is 5.83. The Hall–Kier alpha value is -1.06. The Morgan fingerprint density at radius 3 is 2.55 bits per heavy atom. The Balaban J connectivity index is 1.91. The minimum Gasteiger partial charge on any atom is -0.399 e. The van der Waals surface area contributed by atoms with Gasteiger partial charge in [0.1, 0.15) is 0 Å². The first-order valence-corrected chi connectivity index (χ1v) is 7.63. The Bertz CT molecular complexity index is 408. The van der Waals surface area contributed by atoms with Crippen LogP contribution in [0.5, 0.6) is 0 Å². The number of rotatable bonds is 5. The largest absolute Gasteiger partial charge is 0.399 e. The van der Waals surface area contributed by atoms with E-state index in [1.807, 2.05) is 12.1 Å². The van der Waals surface area contributed by atoms with E-state index in [1.165, 1.54) is 24.8 Å². The van der Waals surface area contributed by atoms with E-state index in [1.54, 1.807) is 0 Å². The Labute approximate surface area is 123 Å². The van der Waals surface area contributed by atoms with Gasteiger partial charge in [-0.15, -0.1) is 0 Å². The molecule has 2 rings (SSSR count). The highest BCUT2D eigenvalue weighted by atomic mass is 16.5. The van der Waals surface area contributed by atoms with Crippen molar-refractivity contribution in [3.8, 4) is 0 Å². The summed E-state index contributed by atoms with van der Waals surface area (Å²) in [7, 11) is 2.19. The van der Waals surface area contributed by atoms with E-state index in [9.17, 15) is 0 Å². The van der Waals surface area contributed by atoms with E-state index >= 15 is 0 Å². The van der Waals surface area contributed by atoms with Crippen LogP contribution < -0.4 is 5.73 Å². The zero-order chi connectivity index (χ0) is 14.6. The SMILES string of the molecule is CN(CC1CCCCO1)CC(C)(C)c1ccc(N)cc1. The number of hydrogen-bond donors (Lipinski definition) is 1. The third-order valence-corrected chi connectivity index (χ3v) is 4.15. The van der Waals surface area contributed by atoms with Crippen LogP contribution >= 0.6 is 0 Å². The monoisotopic (exact) mass is 276 g/mol. The first kappa shape index (κ1) is 15.3. The van der Waals surface area contributed by atoms with Crippen LogP contribution in [0.2, 0.25) is 0 Å². The van der Waals surface area contributed by atoms with Crippen molar-refractivity contribution < 1.29 is 4.74 Å². The van der Waals surface area contributed by atoms with Crippen LogP contribution in [0.25, 0.3) is 0 Å². The molecule has 1 aliphatic heterocycles. The Morgan fingerprint density at radius 2 is 1.95 bits per heavy atom. The van der Waals surface area contributed by atoms with Crippen molar-refractivity contribution in [3.63, 3.8) is 0 Å². The fourth-order valence-corrected chi connectivity index (χ4v) is 3.06. The number of anilines is 1.